The van der Waals surface area contributed by atoms with Crippen molar-refractivity contribution >= 4 is 11.6 Å². The van der Waals surface area contributed by atoms with Gasteiger partial charge in [0.15, 0.2) is 0 Å². The molecule has 1 aromatic rings. The second-order valence-electron chi connectivity index (χ2n) is 5.37. The van der Waals surface area contributed by atoms with Crippen LogP contribution < -0.4 is 10.1 Å². The van der Waals surface area contributed by atoms with Crippen LogP contribution >= 0.6 is 11.6 Å². The molecule has 0 amide bonds. The average molecular weight is 268 g/mol. The minimum atomic E-state index is 0.210. The lowest BCUT2D eigenvalue weighted by Gasteiger charge is -2.44. The highest BCUT2D eigenvalue weighted by Gasteiger charge is 2.41. The van der Waals surface area contributed by atoms with Gasteiger partial charge in [0.05, 0.1) is 7.11 Å². The fourth-order valence-corrected chi connectivity index (χ4v) is 3.35. The molecule has 0 unspecified atom stereocenters. The van der Waals surface area contributed by atoms with Gasteiger partial charge in [-0.15, -0.1) is 0 Å². The van der Waals surface area contributed by atoms with E-state index in [0.29, 0.717) is 0 Å². The zero-order valence-corrected chi connectivity index (χ0v) is 12.4. The van der Waals surface area contributed by atoms with Crippen molar-refractivity contribution in [2.24, 2.45) is 0 Å². The number of likely N-dealkylation sites (N-methyl/N-ethyl adjacent to an activating group) is 1. The van der Waals surface area contributed by atoms with Crippen LogP contribution in [-0.4, -0.2) is 20.7 Å². The van der Waals surface area contributed by atoms with Crippen LogP contribution in [-0.2, 0) is 5.41 Å². The molecule has 1 saturated carbocycles. The Morgan fingerprint density at radius 1 is 1.39 bits per heavy atom. The molecule has 2 nitrogen and oxygen atoms in total. The summed E-state index contributed by atoms with van der Waals surface area (Å²) < 4.78 is 5.60. The first-order chi connectivity index (χ1) is 8.55. The van der Waals surface area contributed by atoms with Gasteiger partial charge in [-0.1, -0.05) is 18.0 Å². The van der Waals surface area contributed by atoms with Crippen LogP contribution in [0.3, 0.4) is 0 Å². The van der Waals surface area contributed by atoms with Crippen molar-refractivity contribution in [2.45, 2.75) is 38.5 Å². The first kappa shape index (κ1) is 13.7. The molecule has 18 heavy (non-hydrogen) atoms. The Bertz CT molecular complexity index is 452. The topological polar surface area (TPSA) is 21.3 Å². The Hall–Kier alpha value is -0.730. The van der Waals surface area contributed by atoms with Crippen molar-refractivity contribution < 1.29 is 4.74 Å². The predicted octanol–water partition coefficient (Wildman–Crippen LogP) is 3.61. The number of ether oxygens (including phenoxy) is 1. The zero-order chi connectivity index (χ0) is 13.3. The van der Waals surface area contributed by atoms with Crippen LogP contribution in [0.5, 0.6) is 5.75 Å². The van der Waals surface area contributed by atoms with Gasteiger partial charge in [0.2, 0.25) is 0 Å². The molecule has 1 aliphatic carbocycles. The van der Waals surface area contributed by atoms with E-state index in [9.17, 15) is 0 Å². The average Bonchev–Trinajstić information content (AvgIpc) is 2.31. The summed E-state index contributed by atoms with van der Waals surface area (Å²) in [7, 11) is 3.76. The van der Waals surface area contributed by atoms with Crippen LogP contribution in [0.4, 0.5) is 0 Å². The maximum Gasteiger partial charge on any atom is 0.123 e. The molecule has 0 aliphatic heterocycles. The monoisotopic (exact) mass is 267 g/mol. The first-order valence-corrected chi connectivity index (χ1v) is 6.92. The Kier molecular flexibility index (Phi) is 3.88. The van der Waals surface area contributed by atoms with E-state index in [1.165, 1.54) is 30.4 Å². The molecule has 100 valence electrons. The molecular formula is C15H22ClNO. The smallest absolute Gasteiger partial charge is 0.123 e. The number of nitrogens with one attached hydrogen (secondary N) is 1. The summed E-state index contributed by atoms with van der Waals surface area (Å²) in [5.74, 6) is 0.990. The molecule has 0 bridgehead atoms. The molecule has 0 radical (unpaired) electrons. The van der Waals surface area contributed by atoms with Crippen LogP contribution in [0.2, 0.25) is 5.02 Å². The van der Waals surface area contributed by atoms with Crippen molar-refractivity contribution in [3.63, 3.8) is 0 Å². The van der Waals surface area contributed by atoms with E-state index in [4.69, 9.17) is 16.3 Å². The summed E-state index contributed by atoms with van der Waals surface area (Å²) in [6, 6.07) is 2.07. The second-order valence-corrected chi connectivity index (χ2v) is 5.75. The van der Waals surface area contributed by atoms with Gasteiger partial charge in [-0.3, -0.25) is 0 Å². The van der Waals surface area contributed by atoms with E-state index in [-0.39, 0.29) is 5.41 Å². The maximum absolute atomic E-state index is 6.42. The van der Waals surface area contributed by atoms with E-state index >= 15 is 0 Å². The Labute approximate surface area is 115 Å². The van der Waals surface area contributed by atoms with Gasteiger partial charge in [-0.2, -0.15) is 0 Å². The quantitative estimate of drug-likeness (QED) is 0.900. The Balaban J connectivity index is 2.58. The summed E-state index contributed by atoms with van der Waals surface area (Å²) in [4.78, 5) is 0. The van der Waals surface area contributed by atoms with Gasteiger partial charge < -0.3 is 10.1 Å². The fourth-order valence-electron chi connectivity index (χ4n) is 3.20. The van der Waals surface area contributed by atoms with Crippen molar-refractivity contribution in [3.05, 3.63) is 27.8 Å². The Morgan fingerprint density at radius 3 is 2.50 bits per heavy atom. The largest absolute Gasteiger partial charge is 0.496 e. The van der Waals surface area contributed by atoms with Crippen molar-refractivity contribution in [2.75, 3.05) is 20.7 Å². The third-order valence-electron chi connectivity index (χ3n) is 4.22. The van der Waals surface area contributed by atoms with Gasteiger partial charge in [-0.25, -0.2) is 0 Å². The number of methoxy groups -OCH3 is 1. The third-order valence-corrected chi connectivity index (χ3v) is 4.80. The second kappa shape index (κ2) is 5.10. The molecule has 3 heteroatoms. The minimum absolute atomic E-state index is 0.210. The molecule has 2 rings (SSSR count). The highest BCUT2D eigenvalue weighted by atomic mass is 35.5. The summed E-state index contributed by atoms with van der Waals surface area (Å²) in [5, 5.41) is 4.21. The third kappa shape index (κ3) is 2.02. The normalized spacial score (nSPS) is 17.4. The first-order valence-electron chi connectivity index (χ1n) is 6.54. The molecule has 1 N–H and O–H groups in total. The van der Waals surface area contributed by atoms with Crippen LogP contribution in [0.25, 0.3) is 0 Å². The van der Waals surface area contributed by atoms with E-state index in [2.05, 4.69) is 18.3 Å². The van der Waals surface area contributed by atoms with E-state index in [1.54, 1.807) is 7.11 Å². The lowest BCUT2D eigenvalue weighted by atomic mass is 9.63. The van der Waals surface area contributed by atoms with E-state index < -0.39 is 0 Å². The maximum atomic E-state index is 6.42. The van der Waals surface area contributed by atoms with E-state index in [1.807, 2.05) is 14.0 Å². The van der Waals surface area contributed by atoms with Gasteiger partial charge in [0.25, 0.3) is 0 Å². The molecule has 0 atom stereocenters. The molecule has 1 fully saturated rings. The standard InChI is InChI=1S/C15H22ClNO/c1-10-8-12(18-4)13(11(2)14(10)16)15(9-17-3)6-5-7-15/h8,17H,5-7,9H2,1-4H3. The minimum Gasteiger partial charge on any atom is -0.496 e. The number of rotatable bonds is 4. The fraction of sp³-hybridized carbons (Fsp3) is 0.600. The highest BCUT2D eigenvalue weighted by molar-refractivity contribution is 6.32. The summed E-state index contributed by atoms with van der Waals surface area (Å²) >= 11 is 6.42. The van der Waals surface area contributed by atoms with Gasteiger partial charge in [0.1, 0.15) is 5.75 Å². The number of hydrogen-bond donors (Lipinski definition) is 1. The van der Waals surface area contributed by atoms with Gasteiger partial charge >= 0.3 is 0 Å². The van der Waals surface area contributed by atoms with Gasteiger partial charge in [-0.05, 0) is 50.9 Å². The summed E-state index contributed by atoms with van der Waals surface area (Å²) in [5.41, 5.74) is 3.79. The van der Waals surface area contributed by atoms with Gasteiger partial charge in [0, 0.05) is 22.5 Å². The summed E-state index contributed by atoms with van der Waals surface area (Å²) in [6.07, 6.45) is 3.71. The number of benzene rings is 1. The molecule has 0 aromatic heterocycles. The predicted molar refractivity (Wildman–Crippen MR) is 76.9 cm³/mol. The molecule has 1 aliphatic rings. The highest BCUT2D eigenvalue weighted by Crippen LogP contribution is 2.49. The number of hydrogen-bond acceptors (Lipinski definition) is 2. The molecule has 0 saturated heterocycles. The molecule has 0 spiro atoms. The number of aryl methyl sites for hydroxylation is 1. The molecular weight excluding hydrogens is 246 g/mol. The van der Waals surface area contributed by atoms with Crippen LogP contribution in [0, 0.1) is 13.8 Å². The van der Waals surface area contributed by atoms with Crippen LogP contribution in [0.1, 0.15) is 36.0 Å². The lowest BCUT2D eigenvalue weighted by molar-refractivity contribution is 0.229. The van der Waals surface area contributed by atoms with Crippen molar-refractivity contribution in [3.8, 4) is 5.75 Å². The lowest BCUT2D eigenvalue weighted by Crippen LogP contribution is -2.43. The zero-order valence-electron chi connectivity index (χ0n) is 11.7. The Morgan fingerprint density at radius 2 is 2.06 bits per heavy atom. The van der Waals surface area contributed by atoms with Crippen LogP contribution in [0.15, 0.2) is 6.07 Å². The van der Waals surface area contributed by atoms with E-state index in [0.717, 1.165) is 22.9 Å². The molecule has 0 heterocycles. The summed E-state index contributed by atoms with van der Waals surface area (Å²) in [6.45, 7) is 5.14. The van der Waals surface area contributed by atoms with Crippen molar-refractivity contribution in [1.29, 1.82) is 0 Å². The number of halogens is 1. The SMILES string of the molecule is CNCC1(c2c(OC)cc(C)c(Cl)c2C)CCC1. The molecule has 1 aromatic carbocycles. The van der Waals surface area contributed by atoms with Crippen molar-refractivity contribution in [1.82, 2.24) is 5.32 Å².